The fourth-order valence-electron chi connectivity index (χ4n) is 5.18. The van der Waals surface area contributed by atoms with Gasteiger partial charge in [0.25, 0.3) is 0 Å². The molecule has 0 amide bonds. The molecule has 30 heavy (non-hydrogen) atoms. The van der Waals surface area contributed by atoms with Gasteiger partial charge >= 0.3 is 11.9 Å². The molecule has 6 nitrogen and oxygen atoms in total. The van der Waals surface area contributed by atoms with E-state index in [2.05, 4.69) is 33.9 Å². The van der Waals surface area contributed by atoms with E-state index in [0.717, 1.165) is 5.56 Å². The minimum absolute atomic E-state index is 0.0373. The zero-order valence-corrected chi connectivity index (χ0v) is 19.7. The van der Waals surface area contributed by atoms with Crippen LogP contribution < -0.4 is 0 Å². The van der Waals surface area contributed by atoms with E-state index in [1.807, 2.05) is 30.3 Å². The van der Waals surface area contributed by atoms with Crippen LogP contribution in [-0.2, 0) is 34.8 Å². The number of fused-ring (bicyclic) bond motifs is 2. The van der Waals surface area contributed by atoms with Gasteiger partial charge in [0.15, 0.2) is 13.9 Å². The highest BCUT2D eigenvalue weighted by atomic mass is 28.4. The fourth-order valence-corrected chi connectivity index (χ4v) is 6.55. The van der Waals surface area contributed by atoms with Crippen LogP contribution in [0.5, 0.6) is 0 Å². The lowest BCUT2D eigenvalue weighted by Gasteiger charge is -2.62. The summed E-state index contributed by atoms with van der Waals surface area (Å²) in [6.45, 7) is 11.2. The van der Waals surface area contributed by atoms with E-state index < -0.39 is 37.4 Å². The second-order valence-corrected chi connectivity index (χ2v) is 15.1. The Morgan fingerprint density at radius 1 is 1.23 bits per heavy atom. The number of ether oxygens (including phenoxy) is 3. The van der Waals surface area contributed by atoms with Gasteiger partial charge in [-0.05, 0) is 30.1 Å². The normalized spacial score (nSPS) is 34.9. The number of benzene rings is 1. The van der Waals surface area contributed by atoms with E-state index in [-0.39, 0.29) is 23.7 Å². The molecule has 0 spiro atoms. The third kappa shape index (κ3) is 2.75. The molecule has 4 rings (SSSR count). The standard InChI is InChI=1S/C23H32O6Si/c1-21(2,3)30(5,6)29-17-12-18-22(19(24)26-4)13-16(17)23(22,20(25)28-18)27-14-15-10-8-7-9-11-15/h7-11,16-18H,12-14H2,1-6H3/t16-,17-,18-,22+,23+/m1/s1. The van der Waals surface area contributed by atoms with Gasteiger partial charge in [0, 0.05) is 12.3 Å². The number of hydrogen-bond donors (Lipinski definition) is 0. The largest absolute Gasteiger partial charge is 0.468 e. The van der Waals surface area contributed by atoms with Gasteiger partial charge in [-0.1, -0.05) is 51.1 Å². The predicted molar refractivity (Wildman–Crippen MR) is 113 cm³/mol. The van der Waals surface area contributed by atoms with Crippen molar-refractivity contribution in [2.45, 2.75) is 76.2 Å². The van der Waals surface area contributed by atoms with Gasteiger partial charge in [0.2, 0.25) is 0 Å². The van der Waals surface area contributed by atoms with Crippen LogP contribution >= 0.6 is 0 Å². The molecule has 0 unspecified atom stereocenters. The number of rotatable bonds is 6. The van der Waals surface area contributed by atoms with Crippen LogP contribution in [0.25, 0.3) is 0 Å². The van der Waals surface area contributed by atoms with Crippen molar-refractivity contribution in [3.05, 3.63) is 35.9 Å². The number of carbonyl (C=O) groups excluding carboxylic acids is 2. The number of esters is 2. The highest BCUT2D eigenvalue weighted by Gasteiger charge is 2.87. The SMILES string of the molecule is COC(=O)[C@]12C[C@@H]3[C@H](O[Si](C)(C)C(C)(C)C)C[C@H]1OC(=O)[C@@]32OCc1ccccc1. The summed E-state index contributed by atoms with van der Waals surface area (Å²) in [7, 11) is -0.723. The Kier molecular flexibility index (Phi) is 4.95. The van der Waals surface area contributed by atoms with Crippen LogP contribution in [0.1, 0.15) is 39.2 Å². The average Bonchev–Trinajstić information content (AvgIpc) is 2.77. The van der Waals surface area contributed by atoms with Gasteiger partial charge in [-0.2, -0.15) is 0 Å². The topological polar surface area (TPSA) is 71.1 Å². The first kappa shape index (κ1) is 21.5. The Hall–Kier alpha value is -1.70. The second kappa shape index (κ2) is 6.90. The maximum Gasteiger partial charge on any atom is 0.340 e. The Labute approximate surface area is 179 Å². The summed E-state index contributed by atoms with van der Waals surface area (Å²) < 4.78 is 24.0. The molecule has 1 aliphatic heterocycles. The zero-order valence-electron chi connectivity index (χ0n) is 18.7. The van der Waals surface area contributed by atoms with Crippen LogP contribution in [0.3, 0.4) is 0 Å². The first-order valence-corrected chi connectivity index (χ1v) is 13.6. The van der Waals surface area contributed by atoms with Crippen molar-refractivity contribution in [1.82, 2.24) is 0 Å². The quantitative estimate of drug-likeness (QED) is 0.502. The van der Waals surface area contributed by atoms with E-state index in [1.54, 1.807) is 0 Å². The van der Waals surface area contributed by atoms with E-state index in [4.69, 9.17) is 18.6 Å². The highest BCUT2D eigenvalue weighted by Crippen LogP contribution is 2.70. The molecule has 164 valence electrons. The zero-order chi connectivity index (χ0) is 21.9. The smallest absolute Gasteiger partial charge is 0.340 e. The van der Waals surface area contributed by atoms with Crippen molar-refractivity contribution in [2.75, 3.05) is 7.11 Å². The van der Waals surface area contributed by atoms with Crippen molar-refractivity contribution in [1.29, 1.82) is 0 Å². The third-order valence-corrected chi connectivity index (χ3v) is 12.3. The second-order valence-electron chi connectivity index (χ2n) is 10.3. The summed E-state index contributed by atoms with van der Waals surface area (Å²) >= 11 is 0. The minimum Gasteiger partial charge on any atom is -0.468 e. The lowest BCUT2D eigenvalue weighted by Crippen LogP contribution is -2.78. The molecular weight excluding hydrogens is 400 g/mol. The molecule has 3 fully saturated rings. The molecule has 1 aromatic rings. The van der Waals surface area contributed by atoms with Crippen molar-refractivity contribution in [2.24, 2.45) is 11.3 Å². The summed E-state index contributed by atoms with van der Waals surface area (Å²) in [6.07, 6.45) is 0.246. The molecule has 5 atom stereocenters. The Morgan fingerprint density at radius 2 is 1.90 bits per heavy atom. The van der Waals surface area contributed by atoms with Crippen LogP contribution in [0, 0.1) is 11.3 Å². The molecule has 1 aromatic carbocycles. The summed E-state index contributed by atoms with van der Waals surface area (Å²) in [5.41, 5.74) is -1.48. The fraction of sp³-hybridized carbons (Fsp3) is 0.652. The van der Waals surface area contributed by atoms with Crippen LogP contribution in [-0.4, -0.2) is 45.2 Å². The molecule has 7 heteroatoms. The van der Waals surface area contributed by atoms with E-state index in [0.29, 0.717) is 12.8 Å². The molecule has 0 aromatic heterocycles. The number of carbonyl (C=O) groups is 2. The Bertz CT molecular complexity index is 847. The molecule has 2 saturated carbocycles. The number of methoxy groups -OCH3 is 1. The maximum atomic E-state index is 13.2. The van der Waals surface area contributed by atoms with Gasteiger partial charge in [-0.15, -0.1) is 0 Å². The molecule has 0 N–H and O–H groups in total. The van der Waals surface area contributed by atoms with Gasteiger partial charge < -0.3 is 18.6 Å². The van der Waals surface area contributed by atoms with Crippen LogP contribution in [0.2, 0.25) is 18.1 Å². The van der Waals surface area contributed by atoms with Crippen molar-refractivity contribution >= 4 is 20.3 Å². The summed E-state index contributed by atoms with van der Waals surface area (Å²) in [5, 5.41) is 0.0373. The maximum absolute atomic E-state index is 13.2. The van der Waals surface area contributed by atoms with Crippen LogP contribution in [0.15, 0.2) is 30.3 Å². The van der Waals surface area contributed by atoms with Gasteiger partial charge in [0.1, 0.15) is 11.5 Å². The Morgan fingerprint density at radius 3 is 2.50 bits per heavy atom. The molecule has 1 saturated heterocycles. The third-order valence-electron chi connectivity index (χ3n) is 7.84. The van der Waals surface area contributed by atoms with Crippen molar-refractivity contribution in [3.8, 4) is 0 Å². The lowest BCUT2D eigenvalue weighted by molar-refractivity contribution is -0.272. The molecular formula is C23H32O6Si. The molecule has 2 aliphatic carbocycles. The number of hydrogen-bond acceptors (Lipinski definition) is 6. The summed E-state index contributed by atoms with van der Waals surface area (Å²) in [5.74, 6) is -1.10. The summed E-state index contributed by atoms with van der Waals surface area (Å²) in [4.78, 5) is 26.1. The summed E-state index contributed by atoms with van der Waals surface area (Å²) in [6, 6.07) is 9.66. The average molecular weight is 433 g/mol. The predicted octanol–water partition coefficient (Wildman–Crippen LogP) is 3.84. The lowest BCUT2D eigenvalue weighted by atomic mass is 9.43. The van der Waals surface area contributed by atoms with Crippen molar-refractivity contribution in [3.63, 3.8) is 0 Å². The minimum atomic E-state index is -2.08. The molecule has 2 bridgehead atoms. The molecule has 1 heterocycles. The van der Waals surface area contributed by atoms with E-state index in [9.17, 15) is 9.59 Å². The van der Waals surface area contributed by atoms with Crippen molar-refractivity contribution < 1.29 is 28.2 Å². The van der Waals surface area contributed by atoms with E-state index >= 15 is 0 Å². The first-order valence-electron chi connectivity index (χ1n) is 10.6. The van der Waals surface area contributed by atoms with Gasteiger partial charge in [0.05, 0.1) is 19.8 Å². The first-order chi connectivity index (χ1) is 14.0. The Balaban J connectivity index is 1.68. The van der Waals surface area contributed by atoms with Crippen LogP contribution in [0.4, 0.5) is 0 Å². The molecule has 0 radical (unpaired) electrons. The van der Waals surface area contributed by atoms with Gasteiger partial charge in [-0.25, -0.2) is 4.79 Å². The van der Waals surface area contributed by atoms with E-state index in [1.165, 1.54) is 7.11 Å². The molecule has 3 aliphatic rings. The monoisotopic (exact) mass is 432 g/mol. The highest BCUT2D eigenvalue weighted by molar-refractivity contribution is 6.74. The van der Waals surface area contributed by atoms with Gasteiger partial charge in [-0.3, -0.25) is 4.79 Å².